The van der Waals surface area contributed by atoms with Gasteiger partial charge in [0.1, 0.15) is 6.10 Å². The molecule has 1 unspecified atom stereocenters. The smallest absolute Gasteiger partial charge is 0.257 e. The molecule has 1 N–H and O–H groups in total. The Bertz CT molecular complexity index is 353. The van der Waals surface area contributed by atoms with Crippen LogP contribution in [0.2, 0.25) is 0 Å². The van der Waals surface area contributed by atoms with Gasteiger partial charge in [0.05, 0.1) is 6.61 Å². The largest absolute Gasteiger partial charge is 0.366 e. The van der Waals surface area contributed by atoms with E-state index in [1.54, 1.807) is 11.9 Å². The van der Waals surface area contributed by atoms with Crippen LogP contribution in [0.3, 0.4) is 0 Å². The molecule has 5 heteroatoms. The highest BCUT2D eigenvalue weighted by molar-refractivity contribution is 5.96. The van der Waals surface area contributed by atoms with E-state index in [1.165, 1.54) is 0 Å². The molecule has 1 amide bonds. The third-order valence-electron chi connectivity index (χ3n) is 2.68. The Morgan fingerprint density at radius 1 is 1.41 bits per heavy atom. The summed E-state index contributed by atoms with van der Waals surface area (Å²) in [5.41, 5.74) is 0.890. The predicted octanol–water partition coefficient (Wildman–Crippen LogP) is 1.06. The Hall–Kier alpha value is -1.10. The van der Waals surface area contributed by atoms with Crippen molar-refractivity contribution in [3.63, 3.8) is 0 Å². The van der Waals surface area contributed by atoms with Crippen molar-refractivity contribution in [2.24, 2.45) is 0 Å². The van der Waals surface area contributed by atoms with Gasteiger partial charge >= 0.3 is 0 Å². The molecule has 1 aromatic rings. The molecular weight excluding hydrogens is 240 g/mol. The molecule has 0 aromatic heterocycles. The molecule has 94 valence electrons. The van der Waals surface area contributed by atoms with E-state index < -0.39 is 0 Å². The number of carbonyl (C=O) groups excluding carboxylic acids is 1. The molecule has 1 fully saturated rings. The van der Waals surface area contributed by atoms with Crippen LogP contribution in [-0.4, -0.2) is 38.8 Å². The summed E-state index contributed by atoms with van der Waals surface area (Å²) in [5.74, 6) is -0.00148. The summed E-state index contributed by atoms with van der Waals surface area (Å²) in [6, 6.07) is 9.58. The summed E-state index contributed by atoms with van der Waals surface area (Å²) in [5, 5.41) is 3.15. The van der Waals surface area contributed by atoms with E-state index in [1.807, 2.05) is 30.3 Å². The van der Waals surface area contributed by atoms with Gasteiger partial charge in [-0.1, -0.05) is 18.2 Å². The highest BCUT2D eigenvalue weighted by atomic mass is 35.5. The van der Waals surface area contributed by atoms with E-state index in [0.29, 0.717) is 13.2 Å². The summed E-state index contributed by atoms with van der Waals surface area (Å²) < 4.78 is 5.43. The topological polar surface area (TPSA) is 41.6 Å². The quantitative estimate of drug-likeness (QED) is 0.860. The lowest BCUT2D eigenvalue weighted by atomic mass is 10.2. The number of morpholine rings is 1. The summed E-state index contributed by atoms with van der Waals surface area (Å²) in [6.45, 7) is 2.01. The fourth-order valence-electron chi connectivity index (χ4n) is 1.72. The number of benzene rings is 1. The van der Waals surface area contributed by atoms with Crippen molar-refractivity contribution in [1.82, 2.24) is 5.32 Å². The lowest BCUT2D eigenvalue weighted by Crippen LogP contribution is -2.48. The average Bonchev–Trinajstić information content (AvgIpc) is 2.39. The molecule has 0 bridgehead atoms. The van der Waals surface area contributed by atoms with Gasteiger partial charge in [0.15, 0.2) is 0 Å². The van der Waals surface area contributed by atoms with E-state index >= 15 is 0 Å². The zero-order valence-corrected chi connectivity index (χ0v) is 10.6. The third-order valence-corrected chi connectivity index (χ3v) is 2.68. The van der Waals surface area contributed by atoms with Crippen LogP contribution in [0.5, 0.6) is 0 Å². The first-order valence-electron chi connectivity index (χ1n) is 5.44. The van der Waals surface area contributed by atoms with Gasteiger partial charge in [0.2, 0.25) is 0 Å². The minimum atomic E-state index is -0.362. The van der Waals surface area contributed by atoms with Crippen molar-refractivity contribution in [2.45, 2.75) is 6.10 Å². The number of hydrogen-bond donors (Lipinski definition) is 1. The van der Waals surface area contributed by atoms with Crippen molar-refractivity contribution in [3.8, 4) is 0 Å². The van der Waals surface area contributed by atoms with Crippen LogP contribution < -0.4 is 10.2 Å². The molecule has 1 aliphatic rings. The van der Waals surface area contributed by atoms with Crippen molar-refractivity contribution in [3.05, 3.63) is 30.3 Å². The lowest BCUT2D eigenvalue weighted by Gasteiger charge is -2.27. The van der Waals surface area contributed by atoms with E-state index in [0.717, 1.165) is 12.2 Å². The number of ether oxygens (including phenoxy) is 1. The zero-order chi connectivity index (χ0) is 11.4. The molecule has 1 aromatic carbocycles. The number of anilines is 1. The van der Waals surface area contributed by atoms with Gasteiger partial charge in [-0.3, -0.25) is 4.79 Å². The van der Waals surface area contributed by atoms with Gasteiger partial charge < -0.3 is 15.0 Å². The maximum atomic E-state index is 12.1. The summed E-state index contributed by atoms with van der Waals surface area (Å²) >= 11 is 0. The Morgan fingerprint density at radius 2 is 2.12 bits per heavy atom. The summed E-state index contributed by atoms with van der Waals surface area (Å²) in [6.07, 6.45) is -0.362. The van der Waals surface area contributed by atoms with Crippen LogP contribution in [0.15, 0.2) is 30.3 Å². The first-order valence-corrected chi connectivity index (χ1v) is 5.44. The third kappa shape index (κ3) is 3.43. The number of carbonyl (C=O) groups is 1. The average molecular weight is 257 g/mol. The molecule has 0 saturated carbocycles. The fourth-order valence-corrected chi connectivity index (χ4v) is 1.72. The van der Waals surface area contributed by atoms with E-state index in [-0.39, 0.29) is 24.4 Å². The van der Waals surface area contributed by atoms with Crippen LogP contribution in [0, 0.1) is 0 Å². The Morgan fingerprint density at radius 3 is 2.71 bits per heavy atom. The number of halogens is 1. The van der Waals surface area contributed by atoms with Gasteiger partial charge in [0, 0.05) is 25.8 Å². The molecule has 4 nitrogen and oxygen atoms in total. The van der Waals surface area contributed by atoms with E-state index in [2.05, 4.69) is 5.32 Å². The van der Waals surface area contributed by atoms with Crippen molar-refractivity contribution in [1.29, 1.82) is 0 Å². The Kier molecular flexibility index (Phi) is 5.41. The monoisotopic (exact) mass is 256 g/mol. The minimum Gasteiger partial charge on any atom is -0.366 e. The first-order chi connectivity index (χ1) is 7.79. The van der Waals surface area contributed by atoms with Gasteiger partial charge in [0.25, 0.3) is 5.91 Å². The standard InChI is InChI=1S/C12H16N2O2.ClH/c1-14(10-5-3-2-4-6-10)12(15)11-9-13-7-8-16-11;/h2-6,11,13H,7-9H2,1H3;1H. The molecule has 1 aliphatic heterocycles. The van der Waals surface area contributed by atoms with E-state index in [4.69, 9.17) is 4.74 Å². The molecule has 1 atom stereocenters. The normalized spacial score (nSPS) is 19.2. The molecule has 0 aliphatic carbocycles. The van der Waals surface area contributed by atoms with Gasteiger partial charge in [-0.25, -0.2) is 0 Å². The van der Waals surface area contributed by atoms with Crippen LogP contribution in [-0.2, 0) is 9.53 Å². The number of para-hydroxylation sites is 1. The van der Waals surface area contributed by atoms with Crippen LogP contribution in [0.1, 0.15) is 0 Å². The number of hydrogen-bond acceptors (Lipinski definition) is 3. The van der Waals surface area contributed by atoms with Crippen molar-refractivity contribution >= 4 is 24.0 Å². The second kappa shape index (κ2) is 6.59. The Labute approximate surface area is 107 Å². The molecule has 1 saturated heterocycles. The first kappa shape index (κ1) is 14.0. The number of rotatable bonds is 2. The molecule has 1 heterocycles. The van der Waals surface area contributed by atoms with Crippen LogP contribution in [0.25, 0.3) is 0 Å². The molecule has 0 radical (unpaired) electrons. The van der Waals surface area contributed by atoms with Crippen LogP contribution in [0.4, 0.5) is 5.69 Å². The highest BCUT2D eigenvalue weighted by Gasteiger charge is 2.25. The zero-order valence-electron chi connectivity index (χ0n) is 9.76. The molecule has 0 spiro atoms. The van der Waals surface area contributed by atoms with E-state index in [9.17, 15) is 4.79 Å². The number of likely N-dealkylation sites (N-methyl/N-ethyl adjacent to an activating group) is 1. The highest BCUT2D eigenvalue weighted by Crippen LogP contribution is 2.13. The Balaban J connectivity index is 0.00000144. The molecular formula is C12H17ClN2O2. The van der Waals surface area contributed by atoms with Gasteiger partial charge in [-0.2, -0.15) is 0 Å². The van der Waals surface area contributed by atoms with Crippen molar-refractivity contribution < 1.29 is 9.53 Å². The molecule has 2 rings (SSSR count). The van der Waals surface area contributed by atoms with Gasteiger partial charge in [-0.15, -0.1) is 12.4 Å². The fraction of sp³-hybridized carbons (Fsp3) is 0.417. The number of nitrogens with zero attached hydrogens (tertiary/aromatic N) is 1. The van der Waals surface area contributed by atoms with Gasteiger partial charge in [-0.05, 0) is 12.1 Å². The second-order valence-corrected chi connectivity index (χ2v) is 3.80. The SMILES string of the molecule is CN(C(=O)C1CNCCO1)c1ccccc1.Cl. The van der Waals surface area contributed by atoms with Crippen LogP contribution >= 0.6 is 12.4 Å². The maximum Gasteiger partial charge on any atom is 0.257 e. The maximum absolute atomic E-state index is 12.1. The summed E-state index contributed by atoms with van der Waals surface area (Å²) in [7, 11) is 1.77. The molecule has 17 heavy (non-hydrogen) atoms. The van der Waals surface area contributed by atoms with Crippen molar-refractivity contribution in [2.75, 3.05) is 31.6 Å². The predicted molar refractivity (Wildman–Crippen MR) is 69.7 cm³/mol. The number of amides is 1. The minimum absolute atomic E-state index is 0. The summed E-state index contributed by atoms with van der Waals surface area (Å²) in [4.78, 5) is 13.7. The number of nitrogens with one attached hydrogen (secondary N) is 1. The lowest BCUT2D eigenvalue weighted by molar-refractivity contribution is -0.131. The second-order valence-electron chi connectivity index (χ2n) is 3.80.